The molecule has 0 saturated carbocycles. The van der Waals surface area contributed by atoms with Gasteiger partial charge >= 0.3 is 0 Å². The van der Waals surface area contributed by atoms with Gasteiger partial charge in [-0.15, -0.1) is 0 Å². The predicted molar refractivity (Wildman–Crippen MR) is 63.3 cm³/mol. The third-order valence-corrected chi connectivity index (χ3v) is 3.57. The lowest BCUT2D eigenvalue weighted by molar-refractivity contribution is -0.146. The van der Waals surface area contributed by atoms with Crippen LogP contribution in [-0.4, -0.2) is 34.5 Å². The summed E-state index contributed by atoms with van der Waals surface area (Å²) in [6.45, 7) is 7.69. The Kier molecular flexibility index (Phi) is 3.02. The Labute approximate surface area is 102 Å². The highest BCUT2D eigenvalue weighted by molar-refractivity contribution is 6.04. The van der Waals surface area contributed by atoms with Crippen LogP contribution in [0.3, 0.4) is 0 Å². The monoisotopic (exact) mass is 239 g/mol. The van der Waals surface area contributed by atoms with Crippen LogP contribution in [0.1, 0.15) is 47.0 Å². The molecule has 0 spiro atoms. The molecule has 0 aliphatic carbocycles. The maximum Gasteiger partial charge on any atom is 0.235 e. The predicted octanol–water partition coefficient (Wildman–Crippen LogP) is 1.73. The van der Waals surface area contributed by atoms with Crippen molar-refractivity contribution >= 4 is 11.8 Å². The zero-order chi connectivity index (χ0) is 12.8. The van der Waals surface area contributed by atoms with E-state index < -0.39 is 5.54 Å². The van der Waals surface area contributed by atoms with E-state index in [4.69, 9.17) is 4.74 Å². The number of amides is 2. The van der Waals surface area contributed by atoms with Gasteiger partial charge in [-0.2, -0.15) is 0 Å². The summed E-state index contributed by atoms with van der Waals surface area (Å²) in [5.74, 6) is -0.371. The Hall–Kier alpha value is -0.900. The fourth-order valence-electron chi connectivity index (χ4n) is 2.78. The second-order valence-corrected chi connectivity index (χ2v) is 6.11. The molecule has 2 saturated heterocycles. The lowest BCUT2D eigenvalue weighted by Gasteiger charge is -2.30. The summed E-state index contributed by atoms with van der Waals surface area (Å²) in [5.41, 5.74) is -0.423. The average Bonchev–Trinajstić information content (AvgIpc) is 2.69. The van der Waals surface area contributed by atoms with E-state index in [0.29, 0.717) is 6.42 Å². The second kappa shape index (κ2) is 4.09. The summed E-state index contributed by atoms with van der Waals surface area (Å²) in [6, 6.07) is 0. The van der Waals surface area contributed by atoms with E-state index in [9.17, 15) is 9.59 Å². The molecule has 0 aromatic rings. The van der Waals surface area contributed by atoms with Crippen molar-refractivity contribution in [3.05, 3.63) is 0 Å². The molecule has 2 aliphatic heterocycles. The van der Waals surface area contributed by atoms with Crippen LogP contribution in [0.25, 0.3) is 0 Å². The number of hydrogen-bond donors (Lipinski definition) is 0. The summed E-state index contributed by atoms with van der Waals surface area (Å²) in [5, 5.41) is 0. The number of carbonyl (C=O) groups is 2. The van der Waals surface area contributed by atoms with Gasteiger partial charge in [-0.1, -0.05) is 0 Å². The van der Waals surface area contributed by atoms with Crippen LogP contribution in [0.5, 0.6) is 0 Å². The van der Waals surface area contributed by atoms with Crippen LogP contribution < -0.4 is 0 Å². The molecule has 2 aliphatic rings. The van der Waals surface area contributed by atoms with E-state index >= 15 is 0 Å². The van der Waals surface area contributed by atoms with Crippen molar-refractivity contribution in [1.29, 1.82) is 0 Å². The molecule has 0 radical (unpaired) electrons. The van der Waals surface area contributed by atoms with Gasteiger partial charge in [0.15, 0.2) is 0 Å². The largest absolute Gasteiger partial charge is 0.374 e. The Balaban J connectivity index is 2.13. The summed E-state index contributed by atoms with van der Waals surface area (Å²) in [7, 11) is 0. The molecule has 0 aromatic heterocycles. The fraction of sp³-hybridized carbons (Fsp3) is 0.846. The third-order valence-electron chi connectivity index (χ3n) is 3.57. The Morgan fingerprint density at radius 1 is 1.24 bits per heavy atom. The maximum absolute atomic E-state index is 12.3. The van der Waals surface area contributed by atoms with Crippen molar-refractivity contribution in [2.45, 2.75) is 64.7 Å². The zero-order valence-electron chi connectivity index (χ0n) is 11.0. The minimum absolute atomic E-state index is 0.0541. The molecule has 3 unspecified atom stereocenters. The zero-order valence-corrected chi connectivity index (χ0v) is 11.0. The smallest absolute Gasteiger partial charge is 0.235 e. The van der Waals surface area contributed by atoms with Gasteiger partial charge in [0.2, 0.25) is 11.8 Å². The molecule has 4 nitrogen and oxygen atoms in total. The Bertz CT molecular complexity index is 345. The number of hydrogen-bond acceptors (Lipinski definition) is 3. The summed E-state index contributed by atoms with van der Waals surface area (Å²) in [4.78, 5) is 25.6. The van der Waals surface area contributed by atoms with Crippen molar-refractivity contribution in [2.75, 3.05) is 0 Å². The third kappa shape index (κ3) is 2.23. The van der Waals surface area contributed by atoms with E-state index in [1.54, 1.807) is 0 Å². The van der Waals surface area contributed by atoms with Crippen molar-refractivity contribution < 1.29 is 14.3 Å². The van der Waals surface area contributed by atoms with E-state index in [2.05, 4.69) is 0 Å². The molecule has 2 rings (SSSR count). The van der Waals surface area contributed by atoms with Gasteiger partial charge in [0.1, 0.15) is 0 Å². The number of imide groups is 1. The van der Waals surface area contributed by atoms with Gasteiger partial charge in [-0.3, -0.25) is 14.5 Å². The standard InChI is InChI=1S/C13H21NO3/c1-8-5-6-10(17-8)9-7-11(15)14(12(9)16)13(2,3)4/h8-10H,5-7H2,1-4H3. The van der Waals surface area contributed by atoms with Crippen molar-refractivity contribution in [1.82, 2.24) is 4.90 Å². The summed E-state index contributed by atoms with van der Waals surface area (Å²) in [6.07, 6.45) is 2.34. The van der Waals surface area contributed by atoms with Gasteiger partial charge in [0.25, 0.3) is 0 Å². The molecule has 2 fully saturated rings. The lowest BCUT2D eigenvalue weighted by Crippen LogP contribution is -2.46. The first kappa shape index (κ1) is 12.6. The first-order chi connectivity index (χ1) is 7.80. The molecule has 2 amide bonds. The van der Waals surface area contributed by atoms with Gasteiger partial charge in [-0.25, -0.2) is 0 Å². The van der Waals surface area contributed by atoms with E-state index in [-0.39, 0.29) is 29.9 Å². The van der Waals surface area contributed by atoms with Crippen molar-refractivity contribution in [3.63, 3.8) is 0 Å². The van der Waals surface area contributed by atoms with Crippen LogP contribution >= 0.6 is 0 Å². The molecule has 17 heavy (non-hydrogen) atoms. The number of carbonyl (C=O) groups excluding carboxylic acids is 2. The van der Waals surface area contributed by atoms with Gasteiger partial charge in [0, 0.05) is 12.0 Å². The van der Waals surface area contributed by atoms with Gasteiger partial charge < -0.3 is 4.74 Å². The van der Waals surface area contributed by atoms with Gasteiger partial charge in [0.05, 0.1) is 18.1 Å². The molecule has 96 valence electrons. The Morgan fingerprint density at radius 3 is 2.29 bits per heavy atom. The normalized spacial score (nSPS) is 34.8. The highest BCUT2D eigenvalue weighted by Crippen LogP contribution is 2.35. The summed E-state index contributed by atoms with van der Waals surface area (Å²) >= 11 is 0. The maximum atomic E-state index is 12.3. The quantitative estimate of drug-likeness (QED) is 0.655. The summed E-state index contributed by atoms with van der Waals surface area (Å²) < 4.78 is 5.73. The number of nitrogens with zero attached hydrogens (tertiary/aromatic N) is 1. The SMILES string of the molecule is CC1CCC(C2CC(=O)N(C(C)(C)C)C2=O)O1. The number of rotatable bonds is 1. The number of likely N-dealkylation sites (tertiary alicyclic amines) is 1. The molecule has 4 heteroatoms. The second-order valence-electron chi connectivity index (χ2n) is 6.11. The molecular weight excluding hydrogens is 218 g/mol. The van der Waals surface area contributed by atoms with Crippen LogP contribution in [0.4, 0.5) is 0 Å². The molecule has 0 aromatic carbocycles. The first-order valence-corrected chi connectivity index (χ1v) is 6.33. The topological polar surface area (TPSA) is 46.6 Å². The Morgan fingerprint density at radius 2 is 1.88 bits per heavy atom. The van der Waals surface area contributed by atoms with Crippen LogP contribution in [0, 0.1) is 5.92 Å². The lowest BCUT2D eigenvalue weighted by atomic mass is 9.98. The van der Waals surface area contributed by atoms with E-state index in [0.717, 1.165) is 12.8 Å². The average molecular weight is 239 g/mol. The molecule has 2 heterocycles. The van der Waals surface area contributed by atoms with Crippen molar-refractivity contribution in [2.24, 2.45) is 5.92 Å². The molecule has 3 atom stereocenters. The van der Waals surface area contributed by atoms with Gasteiger partial charge in [-0.05, 0) is 40.5 Å². The highest BCUT2D eigenvalue weighted by atomic mass is 16.5. The van der Waals surface area contributed by atoms with E-state index in [1.165, 1.54) is 4.90 Å². The van der Waals surface area contributed by atoms with Crippen LogP contribution in [0.15, 0.2) is 0 Å². The fourth-order valence-corrected chi connectivity index (χ4v) is 2.78. The minimum atomic E-state index is -0.423. The number of ether oxygens (including phenoxy) is 1. The minimum Gasteiger partial charge on any atom is -0.374 e. The highest BCUT2D eigenvalue weighted by Gasteiger charge is 2.48. The molecule has 0 N–H and O–H groups in total. The molecule has 0 bridgehead atoms. The van der Waals surface area contributed by atoms with Crippen molar-refractivity contribution in [3.8, 4) is 0 Å². The van der Waals surface area contributed by atoms with Crippen LogP contribution in [-0.2, 0) is 14.3 Å². The van der Waals surface area contributed by atoms with Crippen LogP contribution in [0.2, 0.25) is 0 Å². The van der Waals surface area contributed by atoms with E-state index in [1.807, 2.05) is 27.7 Å². The molecular formula is C13H21NO3. The first-order valence-electron chi connectivity index (χ1n) is 6.33.